The Kier molecular flexibility index (Phi) is 5.38. The molecule has 0 radical (unpaired) electrons. The number of carbonyl (C=O) groups excluding carboxylic acids is 1. The lowest BCUT2D eigenvalue weighted by molar-refractivity contribution is -0.137. The molecule has 0 saturated carbocycles. The van der Waals surface area contributed by atoms with Gasteiger partial charge in [-0.1, -0.05) is 24.3 Å². The SMILES string of the molecule is CCOC(=O)C=Cc1ccc(C=CC(=O)O)cc1. The fourth-order valence-corrected chi connectivity index (χ4v) is 1.24. The second-order valence-electron chi connectivity index (χ2n) is 3.42. The summed E-state index contributed by atoms with van der Waals surface area (Å²) in [5, 5.41) is 8.48. The molecule has 4 nitrogen and oxygen atoms in total. The number of ether oxygens (including phenoxy) is 1. The van der Waals surface area contributed by atoms with Crippen molar-refractivity contribution < 1.29 is 19.4 Å². The van der Waals surface area contributed by atoms with Crippen molar-refractivity contribution >= 4 is 24.1 Å². The number of hydrogen-bond acceptors (Lipinski definition) is 3. The maximum absolute atomic E-state index is 11.1. The van der Waals surface area contributed by atoms with Crippen LogP contribution in [0.15, 0.2) is 36.4 Å². The number of esters is 1. The molecule has 0 aliphatic carbocycles. The third-order valence-corrected chi connectivity index (χ3v) is 2.05. The monoisotopic (exact) mass is 246 g/mol. The molecular formula is C14H14O4. The predicted molar refractivity (Wildman–Crippen MR) is 68.8 cm³/mol. The lowest BCUT2D eigenvalue weighted by Crippen LogP contribution is -1.98. The molecule has 0 heterocycles. The van der Waals surface area contributed by atoms with Crippen LogP contribution in [0.4, 0.5) is 0 Å². The molecule has 1 aromatic rings. The second kappa shape index (κ2) is 7.06. The first-order valence-electron chi connectivity index (χ1n) is 5.47. The van der Waals surface area contributed by atoms with E-state index in [0.29, 0.717) is 6.61 Å². The Labute approximate surface area is 105 Å². The quantitative estimate of drug-likeness (QED) is 0.640. The summed E-state index contributed by atoms with van der Waals surface area (Å²) in [7, 11) is 0. The van der Waals surface area contributed by atoms with E-state index in [-0.39, 0.29) is 5.97 Å². The topological polar surface area (TPSA) is 63.6 Å². The van der Waals surface area contributed by atoms with Crippen LogP contribution in [0.2, 0.25) is 0 Å². The Morgan fingerprint density at radius 1 is 1.11 bits per heavy atom. The molecule has 4 heteroatoms. The van der Waals surface area contributed by atoms with Crippen molar-refractivity contribution in [2.75, 3.05) is 6.61 Å². The highest BCUT2D eigenvalue weighted by molar-refractivity contribution is 5.87. The molecule has 0 amide bonds. The van der Waals surface area contributed by atoms with Gasteiger partial charge in [-0.3, -0.25) is 0 Å². The predicted octanol–water partition coefficient (Wildman–Crippen LogP) is 2.36. The second-order valence-corrected chi connectivity index (χ2v) is 3.42. The van der Waals surface area contributed by atoms with Crippen LogP contribution in [-0.4, -0.2) is 23.7 Å². The zero-order valence-electron chi connectivity index (χ0n) is 10.00. The first-order chi connectivity index (χ1) is 8.61. The molecule has 0 saturated heterocycles. The lowest BCUT2D eigenvalue weighted by Gasteiger charge is -1.97. The number of hydrogen-bond donors (Lipinski definition) is 1. The molecular weight excluding hydrogens is 232 g/mol. The van der Waals surface area contributed by atoms with Gasteiger partial charge in [0.15, 0.2) is 0 Å². The standard InChI is InChI=1S/C14H14O4/c1-2-18-14(17)10-8-12-5-3-11(4-6-12)7-9-13(15)16/h3-10H,2H2,1H3,(H,15,16). The highest BCUT2D eigenvalue weighted by Gasteiger charge is 1.94. The number of benzene rings is 1. The highest BCUT2D eigenvalue weighted by Crippen LogP contribution is 2.08. The van der Waals surface area contributed by atoms with Crippen molar-refractivity contribution in [3.63, 3.8) is 0 Å². The Bertz CT molecular complexity index is 469. The van der Waals surface area contributed by atoms with Gasteiger partial charge in [0, 0.05) is 12.2 Å². The minimum atomic E-state index is -0.985. The molecule has 94 valence electrons. The molecule has 18 heavy (non-hydrogen) atoms. The molecule has 0 atom stereocenters. The minimum absolute atomic E-state index is 0.349. The van der Waals surface area contributed by atoms with E-state index in [0.717, 1.165) is 17.2 Å². The fraction of sp³-hybridized carbons (Fsp3) is 0.143. The number of carboxylic acids is 1. The maximum Gasteiger partial charge on any atom is 0.330 e. The molecule has 1 rings (SSSR count). The van der Waals surface area contributed by atoms with Gasteiger partial charge < -0.3 is 9.84 Å². The highest BCUT2D eigenvalue weighted by atomic mass is 16.5. The van der Waals surface area contributed by atoms with Gasteiger partial charge in [0.05, 0.1) is 6.61 Å². The number of aliphatic carboxylic acids is 1. The minimum Gasteiger partial charge on any atom is -0.478 e. The van der Waals surface area contributed by atoms with Gasteiger partial charge in [0.25, 0.3) is 0 Å². The van der Waals surface area contributed by atoms with Crippen LogP contribution in [0.25, 0.3) is 12.2 Å². The summed E-state index contributed by atoms with van der Waals surface area (Å²) in [6.07, 6.45) is 5.57. The van der Waals surface area contributed by atoms with Crippen LogP contribution in [0.5, 0.6) is 0 Å². The zero-order valence-corrected chi connectivity index (χ0v) is 10.00. The summed E-state index contributed by atoms with van der Waals surface area (Å²) in [6, 6.07) is 7.11. The van der Waals surface area contributed by atoms with Gasteiger partial charge in [-0.15, -0.1) is 0 Å². The molecule has 0 aliphatic rings. The Hall–Kier alpha value is -2.36. The number of carboxylic acid groups (broad SMARTS) is 1. The third kappa shape index (κ3) is 5.12. The van der Waals surface area contributed by atoms with Gasteiger partial charge in [0.2, 0.25) is 0 Å². The maximum atomic E-state index is 11.1. The van der Waals surface area contributed by atoms with Crippen molar-refractivity contribution in [2.24, 2.45) is 0 Å². The number of rotatable bonds is 5. The van der Waals surface area contributed by atoms with E-state index in [2.05, 4.69) is 0 Å². The summed E-state index contributed by atoms with van der Waals surface area (Å²) >= 11 is 0. The molecule has 0 spiro atoms. The van der Waals surface area contributed by atoms with Crippen molar-refractivity contribution in [2.45, 2.75) is 6.92 Å². The van der Waals surface area contributed by atoms with Crippen LogP contribution < -0.4 is 0 Å². The van der Waals surface area contributed by atoms with E-state index in [1.165, 1.54) is 12.2 Å². The van der Waals surface area contributed by atoms with Gasteiger partial charge >= 0.3 is 11.9 Å². The number of carbonyl (C=O) groups is 2. The van der Waals surface area contributed by atoms with E-state index in [1.54, 1.807) is 37.3 Å². The largest absolute Gasteiger partial charge is 0.478 e. The normalized spacial score (nSPS) is 10.9. The Morgan fingerprint density at radius 3 is 2.06 bits per heavy atom. The lowest BCUT2D eigenvalue weighted by atomic mass is 10.1. The molecule has 0 fully saturated rings. The first kappa shape index (κ1) is 13.7. The molecule has 1 aromatic carbocycles. The zero-order chi connectivity index (χ0) is 13.4. The summed E-state index contributed by atoms with van der Waals surface area (Å²) in [5.41, 5.74) is 1.63. The van der Waals surface area contributed by atoms with Crippen LogP contribution in [0.3, 0.4) is 0 Å². The van der Waals surface area contributed by atoms with Crippen LogP contribution in [0, 0.1) is 0 Å². The van der Waals surface area contributed by atoms with E-state index in [9.17, 15) is 9.59 Å². The van der Waals surface area contributed by atoms with E-state index < -0.39 is 5.97 Å². The molecule has 0 aromatic heterocycles. The van der Waals surface area contributed by atoms with Gasteiger partial charge in [-0.05, 0) is 30.2 Å². The van der Waals surface area contributed by atoms with Gasteiger partial charge in [-0.2, -0.15) is 0 Å². The molecule has 1 N–H and O–H groups in total. The van der Waals surface area contributed by atoms with E-state index in [4.69, 9.17) is 9.84 Å². The van der Waals surface area contributed by atoms with E-state index >= 15 is 0 Å². The molecule has 0 unspecified atom stereocenters. The molecule has 0 bridgehead atoms. The average Bonchev–Trinajstić information content (AvgIpc) is 2.35. The van der Waals surface area contributed by atoms with Crippen LogP contribution in [0.1, 0.15) is 18.1 Å². The van der Waals surface area contributed by atoms with E-state index in [1.807, 2.05) is 0 Å². The Balaban J connectivity index is 2.65. The fourth-order valence-electron chi connectivity index (χ4n) is 1.24. The van der Waals surface area contributed by atoms with Gasteiger partial charge in [-0.25, -0.2) is 9.59 Å². The summed E-state index contributed by atoms with van der Waals surface area (Å²) in [6.45, 7) is 2.09. The van der Waals surface area contributed by atoms with Gasteiger partial charge in [0.1, 0.15) is 0 Å². The van der Waals surface area contributed by atoms with Crippen LogP contribution in [-0.2, 0) is 14.3 Å². The summed E-state index contributed by atoms with van der Waals surface area (Å²) < 4.78 is 4.75. The third-order valence-electron chi connectivity index (χ3n) is 2.05. The average molecular weight is 246 g/mol. The first-order valence-corrected chi connectivity index (χ1v) is 5.47. The van der Waals surface area contributed by atoms with Crippen molar-refractivity contribution in [3.8, 4) is 0 Å². The smallest absolute Gasteiger partial charge is 0.330 e. The van der Waals surface area contributed by atoms with Crippen molar-refractivity contribution in [1.82, 2.24) is 0 Å². The van der Waals surface area contributed by atoms with Crippen molar-refractivity contribution in [3.05, 3.63) is 47.5 Å². The summed E-state index contributed by atoms with van der Waals surface area (Å²) in [5.74, 6) is -1.37. The summed E-state index contributed by atoms with van der Waals surface area (Å²) in [4.78, 5) is 21.4. The Morgan fingerprint density at radius 2 is 1.61 bits per heavy atom. The van der Waals surface area contributed by atoms with Crippen molar-refractivity contribution in [1.29, 1.82) is 0 Å². The van der Waals surface area contributed by atoms with Crippen LogP contribution >= 0.6 is 0 Å². The molecule has 0 aliphatic heterocycles.